The van der Waals surface area contributed by atoms with Crippen LogP contribution in [0.4, 0.5) is 9.59 Å². The number of unbranched alkanes of at least 4 members (excludes halogenated alkanes) is 1. The molecule has 5 N–H and O–H groups in total. The SMILES string of the molecule is C.C.C.C.C.C.CCCCOC(=O)NC(N)=O.N=C=O.N=C=O. The molecule has 0 heterocycles. The van der Waals surface area contributed by atoms with Gasteiger partial charge in [-0.25, -0.2) is 35.3 Å². The van der Waals surface area contributed by atoms with Gasteiger partial charge in [0.25, 0.3) is 0 Å². The summed E-state index contributed by atoms with van der Waals surface area (Å²) in [6.45, 7) is 2.28. The number of hydrogen-bond acceptors (Lipinski definition) is 7. The average Bonchev–Trinajstić information content (AvgIpc) is 2.19. The summed E-state index contributed by atoms with van der Waals surface area (Å²) >= 11 is 0. The van der Waals surface area contributed by atoms with Crippen LogP contribution in [0.5, 0.6) is 0 Å². The van der Waals surface area contributed by atoms with Crippen molar-refractivity contribution in [2.45, 2.75) is 64.3 Å². The number of imide groups is 1. The fourth-order valence-electron chi connectivity index (χ4n) is 0.446. The number of hydrogen-bond donors (Lipinski definition) is 4. The third-order valence-electron chi connectivity index (χ3n) is 0.956. The molecule has 0 aromatic rings. The number of carbonyl (C=O) groups is 2. The van der Waals surface area contributed by atoms with Gasteiger partial charge in [-0.3, -0.25) is 0 Å². The number of rotatable bonds is 3. The lowest BCUT2D eigenvalue weighted by Gasteiger charge is -2.01. The monoisotopic (exact) mass is 342 g/mol. The van der Waals surface area contributed by atoms with E-state index < -0.39 is 12.1 Å². The second-order valence-electron chi connectivity index (χ2n) is 2.18. The minimum absolute atomic E-state index is 0. The van der Waals surface area contributed by atoms with Gasteiger partial charge in [-0.05, 0) is 6.42 Å². The Kier molecular flexibility index (Phi) is 155. The highest BCUT2D eigenvalue weighted by molar-refractivity contribution is 5.89. The maximum atomic E-state index is 10.5. The first-order chi connectivity index (χ1) is 7.99. The first-order valence-electron chi connectivity index (χ1n) is 4.31. The van der Waals surface area contributed by atoms with E-state index in [-0.39, 0.29) is 44.6 Å². The zero-order chi connectivity index (χ0) is 14.1. The number of primary amides is 1. The summed E-state index contributed by atoms with van der Waals surface area (Å²) in [7, 11) is 0. The van der Waals surface area contributed by atoms with E-state index in [1.165, 1.54) is 0 Å². The lowest BCUT2D eigenvalue weighted by atomic mass is 10.4. The minimum atomic E-state index is -0.897. The van der Waals surface area contributed by atoms with E-state index in [1.807, 2.05) is 6.92 Å². The topological polar surface area (TPSA) is 163 Å². The van der Waals surface area contributed by atoms with Gasteiger partial charge >= 0.3 is 12.1 Å². The van der Waals surface area contributed by atoms with E-state index in [2.05, 4.69) is 10.5 Å². The molecule has 0 radical (unpaired) electrons. The number of carbonyl (C=O) groups excluding carboxylic acids is 4. The summed E-state index contributed by atoms with van der Waals surface area (Å²) in [5.74, 6) is 0. The average molecular weight is 342 g/mol. The number of nitrogens with one attached hydrogen (secondary N) is 3. The quantitative estimate of drug-likeness (QED) is 0.342. The van der Waals surface area contributed by atoms with Crippen LogP contribution in [0, 0.1) is 10.8 Å². The molecule has 23 heavy (non-hydrogen) atoms. The maximum Gasteiger partial charge on any atom is 0.415 e. The van der Waals surface area contributed by atoms with Crippen molar-refractivity contribution in [3.63, 3.8) is 0 Å². The van der Waals surface area contributed by atoms with Crippen molar-refractivity contribution >= 4 is 24.3 Å². The normalized spacial score (nSPS) is 4.91. The zero-order valence-corrected chi connectivity index (χ0v) is 9.24. The highest BCUT2D eigenvalue weighted by atomic mass is 16.5. The second-order valence-corrected chi connectivity index (χ2v) is 2.18. The van der Waals surface area contributed by atoms with Crippen molar-refractivity contribution in [1.82, 2.24) is 5.32 Å². The Morgan fingerprint density at radius 3 is 1.52 bits per heavy atom. The summed E-state index contributed by atoms with van der Waals surface area (Å²) in [6, 6.07) is -0.897. The van der Waals surface area contributed by atoms with Gasteiger partial charge in [-0.2, -0.15) is 0 Å². The van der Waals surface area contributed by atoms with Crippen LogP contribution in [-0.4, -0.2) is 30.9 Å². The maximum absolute atomic E-state index is 10.5. The summed E-state index contributed by atoms with van der Waals surface area (Å²) < 4.78 is 4.54. The van der Waals surface area contributed by atoms with Gasteiger partial charge in [0.1, 0.15) is 0 Å². The molecule has 3 amide bonds. The number of urea groups is 1. The third kappa shape index (κ3) is 141. The van der Waals surface area contributed by atoms with Crippen LogP contribution < -0.4 is 11.1 Å². The number of alkyl carbamates (subject to hydrolysis) is 1. The molecule has 0 aromatic heterocycles. The lowest BCUT2D eigenvalue weighted by molar-refractivity contribution is 0.146. The van der Waals surface area contributed by atoms with Crippen molar-refractivity contribution in [1.29, 1.82) is 10.8 Å². The van der Waals surface area contributed by atoms with Crippen LogP contribution in [0.3, 0.4) is 0 Å². The van der Waals surface area contributed by atoms with Gasteiger partial charge in [-0.15, -0.1) is 0 Å². The minimum Gasteiger partial charge on any atom is -0.449 e. The van der Waals surface area contributed by atoms with E-state index in [4.69, 9.17) is 20.4 Å². The molecule has 0 aliphatic carbocycles. The van der Waals surface area contributed by atoms with Crippen LogP contribution >= 0.6 is 0 Å². The van der Waals surface area contributed by atoms with Gasteiger partial charge in [0.2, 0.25) is 12.2 Å². The number of isocyanates is 2. The van der Waals surface area contributed by atoms with Gasteiger partial charge in [-0.1, -0.05) is 57.9 Å². The van der Waals surface area contributed by atoms with Gasteiger partial charge in [0.05, 0.1) is 6.61 Å². The predicted molar refractivity (Wildman–Crippen MR) is 96.2 cm³/mol. The summed E-state index contributed by atoms with van der Waals surface area (Å²) in [5.41, 5.74) is 4.65. The summed E-state index contributed by atoms with van der Waals surface area (Å²) in [4.78, 5) is 37.2. The van der Waals surface area contributed by atoms with Gasteiger partial charge < -0.3 is 10.5 Å². The molecule has 0 spiro atoms. The molecule has 0 rings (SSSR count). The van der Waals surface area contributed by atoms with Crippen molar-refractivity contribution in [3.05, 3.63) is 0 Å². The van der Waals surface area contributed by atoms with Gasteiger partial charge in [0, 0.05) is 0 Å². The van der Waals surface area contributed by atoms with Crippen LogP contribution in [0.15, 0.2) is 0 Å². The van der Waals surface area contributed by atoms with E-state index in [0.29, 0.717) is 6.61 Å². The lowest BCUT2D eigenvalue weighted by Crippen LogP contribution is -2.35. The molecule has 0 atom stereocenters. The fourth-order valence-corrected chi connectivity index (χ4v) is 0.446. The van der Waals surface area contributed by atoms with Gasteiger partial charge in [0.15, 0.2) is 0 Å². The molecular weight excluding hydrogens is 304 g/mol. The molecule has 0 fully saturated rings. The Hall–Kier alpha value is -2.50. The molecule has 0 unspecified atom stereocenters. The van der Waals surface area contributed by atoms with Crippen LogP contribution in [0.25, 0.3) is 0 Å². The molecule has 0 saturated carbocycles. The molecule has 144 valence electrons. The van der Waals surface area contributed by atoms with Crippen molar-refractivity contribution in [3.8, 4) is 0 Å². The van der Waals surface area contributed by atoms with E-state index in [1.54, 1.807) is 5.32 Å². The number of nitrogens with two attached hydrogens (primary N) is 1. The van der Waals surface area contributed by atoms with Crippen molar-refractivity contribution in [2.24, 2.45) is 5.73 Å². The predicted octanol–water partition coefficient (Wildman–Crippen LogP) is 4.21. The molecule has 9 heteroatoms. The first kappa shape index (κ1) is 58.9. The molecule has 0 aliphatic heterocycles. The Morgan fingerprint density at radius 2 is 1.30 bits per heavy atom. The van der Waals surface area contributed by atoms with Crippen molar-refractivity contribution < 1.29 is 23.9 Å². The largest absolute Gasteiger partial charge is 0.449 e. The third-order valence-corrected chi connectivity index (χ3v) is 0.956. The standard InChI is InChI=1S/C6H12N2O3.2CHNO.6CH4/c1-2-3-4-11-6(10)8-5(7)9;2*2-1-3;;;;;;/h2-4H2,1H3,(H3,7,8,9,10);2*2H;6*1H4. The zero-order valence-electron chi connectivity index (χ0n) is 9.24. The van der Waals surface area contributed by atoms with Crippen LogP contribution in [0.1, 0.15) is 64.3 Å². The highest BCUT2D eigenvalue weighted by Crippen LogP contribution is 1.87. The molecule has 0 aliphatic rings. The molecule has 9 nitrogen and oxygen atoms in total. The van der Waals surface area contributed by atoms with Crippen LogP contribution in [0.2, 0.25) is 0 Å². The Bertz CT molecular complexity index is 273. The molecular formula is C14H38N4O5. The first-order valence-corrected chi connectivity index (χ1v) is 4.31. The Balaban J connectivity index is -0.0000000207. The van der Waals surface area contributed by atoms with Crippen molar-refractivity contribution in [2.75, 3.05) is 6.61 Å². The molecule has 0 bridgehead atoms. The number of ether oxygens (including phenoxy) is 1. The fraction of sp³-hybridized carbons (Fsp3) is 0.714. The molecule has 0 aromatic carbocycles. The van der Waals surface area contributed by atoms with E-state index in [0.717, 1.165) is 25.0 Å². The smallest absolute Gasteiger partial charge is 0.415 e. The summed E-state index contributed by atoms with van der Waals surface area (Å²) in [5, 5.41) is 12.6. The number of amides is 3. The van der Waals surface area contributed by atoms with E-state index in [9.17, 15) is 9.59 Å². The Labute approximate surface area is 142 Å². The van der Waals surface area contributed by atoms with Crippen LogP contribution in [-0.2, 0) is 14.3 Å². The summed E-state index contributed by atoms with van der Waals surface area (Å²) in [6.07, 6.45) is 2.43. The molecule has 0 saturated heterocycles. The second kappa shape index (κ2) is 60.5. The van der Waals surface area contributed by atoms with E-state index >= 15 is 0 Å². The highest BCUT2D eigenvalue weighted by Gasteiger charge is 2.02. The Morgan fingerprint density at radius 1 is 1.00 bits per heavy atom.